The van der Waals surface area contributed by atoms with E-state index >= 15 is 0 Å². The van der Waals surface area contributed by atoms with Gasteiger partial charge in [-0.15, -0.1) is 0 Å². The van der Waals surface area contributed by atoms with Crippen molar-refractivity contribution in [2.45, 2.75) is 13.3 Å². The second kappa shape index (κ2) is 6.54. The first-order valence-electron chi connectivity index (χ1n) is 2.60. The lowest BCUT2D eigenvalue weighted by Crippen LogP contribution is -1.66. The molecule has 0 aliphatic heterocycles. The average Bonchev–Trinajstić information content (AvgIpc) is 1.81. The first kappa shape index (κ1) is 7.54. The van der Waals surface area contributed by atoms with E-state index in [-0.39, 0.29) is 0 Å². The van der Waals surface area contributed by atoms with Gasteiger partial charge in [-0.25, -0.2) is 4.99 Å². The number of hydrogen-bond acceptors (Lipinski definition) is 2. The molecule has 0 saturated carbocycles. The Morgan fingerprint density at radius 3 is 2.88 bits per heavy atom. The summed E-state index contributed by atoms with van der Waals surface area (Å²) in [5.74, 6) is 0. The average molecular weight is 127 g/mol. The molecule has 8 heavy (non-hydrogen) atoms. The van der Waals surface area contributed by atoms with Crippen LogP contribution >= 0.6 is 12.2 Å². The lowest BCUT2D eigenvalue weighted by molar-refractivity contribution is 1.18. The Hall–Kier alpha value is -0.460. The van der Waals surface area contributed by atoms with Gasteiger partial charge in [-0.1, -0.05) is 19.1 Å². The Kier molecular flexibility index (Phi) is 6.16. The van der Waals surface area contributed by atoms with Crippen LogP contribution in [-0.2, 0) is 0 Å². The maximum absolute atomic E-state index is 4.35. The zero-order valence-electron chi connectivity index (χ0n) is 4.92. The van der Waals surface area contributed by atoms with Crippen LogP contribution in [0.15, 0.2) is 17.1 Å². The topological polar surface area (TPSA) is 12.4 Å². The van der Waals surface area contributed by atoms with Gasteiger partial charge in [-0.2, -0.15) is 0 Å². The Balaban J connectivity index is 3.15. The van der Waals surface area contributed by atoms with Crippen LogP contribution in [0.3, 0.4) is 0 Å². The van der Waals surface area contributed by atoms with Gasteiger partial charge in [0.1, 0.15) is 0 Å². The molecule has 0 aliphatic carbocycles. The first-order valence-corrected chi connectivity index (χ1v) is 3.01. The zero-order chi connectivity index (χ0) is 6.24. The van der Waals surface area contributed by atoms with Crippen LogP contribution in [0.1, 0.15) is 13.3 Å². The lowest BCUT2D eigenvalue weighted by Gasteiger charge is -1.75. The van der Waals surface area contributed by atoms with Crippen molar-refractivity contribution < 1.29 is 0 Å². The van der Waals surface area contributed by atoms with Crippen LogP contribution in [0.2, 0.25) is 0 Å². The zero-order valence-corrected chi connectivity index (χ0v) is 5.74. The van der Waals surface area contributed by atoms with Crippen LogP contribution in [-0.4, -0.2) is 11.7 Å². The fraction of sp³-hybridized carbons (Fsp3) is 0.500. The molecule has 0 atom stereocenters. The number of isothiocyanates is 1. The van der Waals surface area contributed by atoms with Crippen molar-refractivity contribution in [3.8, 4) is 0 Å². The third kappa shape index (κ3) is 5.54. The van der Waals surface area contributed by atoms with Gasteiger partial charge >= 0.3 is 0 Å². The summed E-state index contributed by atoms with van der Waals surface area (Å²) < 4.78 is 0. The lowest BCUT2D eigenvalue weighted by atomic mass is 10.4. The summed E-state index contributed by atoms with van der Waals surface area (Å²) in [6.45, 7) is 2.76. The smallest absolute Gasteiger partial charge is 0.0673 e. The molecule has 0 unspecified atom stereocenters. The van der Waals surface area contributed by atoms with Gasteiger partial charge in [-0.3, -0.25) is 0 Å². The highest BCUT2D eigenvalue weighted by atomic mass is 32.1. The summed E-state index contributed by atoms with van der Waals surface area (Å²) in [5, 5.41) is 2.28. The van der Waals surface area contributed by atoms with E-state index in [0.29, 0.717) is 6.54 Å². The molecule has 0 aromatic rings. The molecule has 0 N–H and O–H groups in total. The Labute approximate surface area is 55.1 Å². The Morgan fingerprint density at radius 2 is 2.38 bits per heavy atom. The van der Waals surface area contributed by atoms with E-state index in [4.69, 9.17) is 0 Å². The van der Waals surface area contributed by atoms with Crippen LogP contribution in [0.5, 0.6) is 0 Å². The minimum absolute atomic E-state index is 0.678. The van der Waals surface area contributed by atoms with E-state index in [9.17, 15) is 0 Å². The molecule has 0 spiro atoms. The summed E-state index contributed by atoms with van der Waals surface area (Å²) >= 11 is 4.35. The maximum atomic E-state index is 4.35. The third-order valence-electron chi connectivity index (χ3n) is 0.664. The maximum Gasteiger partial charge on any atom is 0.0673 e. The van der Waals surface area contributed by atoms with Gasteiger partial charge in [0.05, 0.1) is 11.7 Å². The molecule has 1 nitrogen and oxygen atoms in total. The van der Waals surface area contributed by atoms with Crippen molar-refractivity contribution in [3.05, 3.63) is 12.2 Å². The van der Waals surface area contributed by atoms with E-state index in [0.717, 1.165) is 6.42 Å². The number of hydrogen-bond donors (Lipinski definition) is 0. The molecule has 0 bridgehead atoms. The monoisotopic (exact) mass is 127 g/mol. The summed E-state index contributed by atoms with van der Waals surface area (Å²) in [7, 11) is 0. The van der Waals surface area contributed by atoms with Crippen molar-refractivity contribution in [2.24, 2.45) is 4.99 Å². The van der Waals surface area contributed by atoms with E-state index in [1.807, 2.05) is 6.08 Å². The Bertz CT molecular complexity index is 112. The van der Waals surface area contributed by atoms with Crippen LogP contribution in [0.25, 0.3) is 0 Å². The number of rotatable bonds is 3. The highest BCUT2D eigenvalue weighted by molar-refractivity contribution is 7.78. The van der Waals surface area contributed by atoms with E-state index in [2.05, 4.69) is 35.4 Å². The van der Waals surface area contributed by atoms with Gasteiger partial charge in [0.25, 0.3) is 0 Å². The van der Waals surface area contributed by atoms with Crippen molar-refractivity contribution in [2.75, 3.05) is 6.54 Å². The molecule has 0 fully saturated rings. The molecule has 0 heterocycles. The van der Waals surface area contributed by atoms with Gasteiger partial charge in [0.15, 0.2) is 0 Å². The highest BCUT2D eigenvalue weighted by Crippen LogP contribution is 1.78. The molecule has 0 radical (unpaired) electrons. The Morgan fingerprint density at radius 1 is 1.62 bits per heavy atom. The molecule has 44 valence electrons. The molecule has 2 heteroatoms. The number of allylic oxidation sites excluding steroid dienone is 1. The van der Waals surface area contributed by atoms with Crippen molar-refractivity contribution >= 4 is 17.4 Å². The standard InChI is InChI=1S/C6H9NS/c1-2-3-4-5-7-6-8/h3-4H,2,5H2,1H3. The molecular weight excluding hydrogens is 118 g/mol. The molecule has 0 amide bonds. The third-order valence-corrected chi connectivity index (χ3v) is 0.793. The van der Waals surface area contributed by atoms with E-state index in [1.165, 1.54) is 0 Å². The molecular formula is C6H9NS. The van der Waals surface area contributed by atoms with E-state index in [1.54, 1.807) is 0 Å². The molecule has 0 saturated heterocycles. The van der Waals surface area contributed by atoms with Crippen molar-refractivity contribution in [1.29, 1.82) is 0 Å². The highest BCUT2D eigenvalue weighted by Gasteiger charge is 1.65. The molecule has 0 aromatic carbocycles. The van der Waals surface area contributed by atoms with Gasteiger partial charge in [0, 0.05) is 0 Å². The fourth-order valence-electron chi connectivity index (χ4n) is 0.331. The van der Waals surface area contributed by atoms with E-state index < -0.39 is 0 Å². The van der Waals surface area contributed by atoms with Gasteiger partial charge < -0.3 is 0 Å². The summed E-state index contributed by atoms with van der Waals surface area (Å²) in [6, 6.07) is 0. The molecule has 0 aliphatic rings. The van der Waals surface area contributed by atoms with Crippen LogP contribution < -0.4 is 0 Å². The summed E-state index contributed by atoms with van der Waals surface area (Å²) in [5.41, 5.74) is 0. The quantitative estimate of drug-likeness (QED) is 0.321. The van der Waals surface area contributed by atoms with Crippen molar-refractivity contribution in [1.82, 2.24) is 0 Å². The van der Waals surface area contributed by atoms with Gasteiger partial charge in [-0.05, 0) is 18.6 Å². The van der Waals surface area contributed by atoms with Crippen molar-refractivity contribution in [3.63, 3.8) is 0 Å². The fourth-order valence-corrected chi connectivity index (χ4v) is 0.406. The second-order valence-corrected chi connectivity index (χ2v) is 1.49. The minimum atomic E-state index is 0.678. The number of thiocarbonyl (C=S) groups is 1. The molecule has 0 aromatic heterocycles. The normalized spacial score (nSPS) is 9.12. The first-order chi connectivity index (χ1) is 3.91. The largest absolute Gasteiger partial charge is 0.228 e. The summed E-state index contributed by atoms with van der Waals surface area (Å²) in [4.78, 5) is 3.69. The summed E-state index contributed by atoms with van der Waals surface area (Å²) in [6.07, 6.45) is 5.09. The second-order valence-electron chi connectivity index (χ2n) is 1.31. The predicted octanol–water partition coefficient (Wildman–Crippen LogP) is 2.06. The minimum Gasteiger partial charge on any atom is -0.228 e. The molecule has 0 rings (SSSR count). The number of aliphatic imine (C=N–C) groups is 1. The SMILES string of the molecule is CCC=CCN=C=S. The van der Waals surface area contributed by atoms with Crippen LogP contribution in [0.4, 0.5) is 0 Å². The van der Waals surface area contributed by atoms with Gasteiger partial charge in [0.2, 0.25) is 0 Å². The van der Waals surface area contributed by atoms with Crippen LogP contribution in [0, 0.1) is 0 Å². The number of nitrogens with zero attached hydrogens (tertiary/aromatic N) is 1. The predicted molar refractivity (Wildman–Crippen MR) is 39.3 cm³/mol.